The number of phosphoric acid groups is 1. The van der Waals surface area contributed by atoms with Crippen molar-refractivity contribution in [3.63, 3.8) is 0 Å². The third-order valence-electron chi connectivity index (χ3n) is 10.1. The van der Waals surface area contributed by atoms with Crippen molar-refractivity contribution in [2.75, 3.05) is 26.4 Å². The second-order valence-corrected chi connectivity index (χ2v) is 17.1. The summed E-state index contributed by atoms with van der Waals surface area (Å²) in [5.74, 6) is -0.845. The van der Waals surface area contributed by atoms with Crippen LogP contribution < -0.4 is 5.73 Å². The molecule has 2 atom stereocenters. The van der Waals surface area contributed by atoms with Crippen LogP contribution in [0.5, 0.6) is 0 Å². The third kappa shape index (κ3) is 43.6. The van der Waals surface area contributed by atoms with Crippen molar-refractivity contribution >= 4 is 19.8 Å². The minimum absolute atomic E-state index is 0.0501. The first-order valence-corrected chi connectivity index (χ1v) is 25.0. The molecule has 3 N–H and O–H groups in total. The Bertz CT molecular complexity index is 1030. The standard InChI is InChI=1S/C47H88NO8P/c1-3-5-7-9-11-13-15-17-18-19-20-21-22-23-24-25-26-28-29-31-33-35-37-39-46(49)53-43-45(44-55-57(51,52)54-42-41-48)56-47(50)40-38-36-34-32-30-27-16-14-12-10-8-6-4-2/h6,8,10,12,14,16,45H,3-5,7,9,11,13,15,17-44,48H2,1-2H3,(H,51,52)/b8-6+,12-10+,16-14+. The summed E-state index contributed by atoms with van der Waals surface area (Å²) in [7, 11) is -4.38. The summed E-state index contributed by atoms with van der Waals surface area (Å²) in [6.07, 6.45) is 49.1. The number of ether oxygens (including phenoxy) is 2. The summed E-state index contributed by atoms with van der Waals surface area (Å²) < 4.78 is 32.8. The van der Waals surface area contributed by atoms with Gasteiger partial charge >= 0.3 is 19.8 Å². The van der Waals surface area contributed by atoms with Gasteiger partial charge in [0.15, 0.2) is 6.10 Å². The van der Waals surface area contributed by atoms with Crippen LogP contribution in [0, 0.1) is 0 Å². The quantitative estimate of drug-likeness (QED) is 0.0266. The van der Waals surface area contributed by atoms with Crippen molar-refractivity contribution in [2.45, 2.75) is 225 Å². The molecule has 0 spiro atoms. The van der Waals surface area contributed by atoms with Crippen molar-refractivity contribution in [2.24, 2.45) is 5.73 Å². The number of esters is 2. The molecule has 0 fully saturated rings. The molecule has 0 amide bonds. The van der Waals surface area contributed by atoms with E-state index < -0.39 is 26.5 Å². The average Bonchev–Trinajstić information content (AvgIpc) is 3.20. The number of nitrogens with two attached hydrogens (primary N) is 1. The molecule has 0 aliphatic carbocycles. The van der Waals surface area contributed by atoms with Gasteiger partial charge in [-0.1, -0.05) is 211 Å². The molecule has 57 heavy (non-hydrogen) atoms. The molecule has 2 unspecified atom stereocenters. The predicted octanol–water partition coefficient (Wildman–Crippen LogP) is 13.7. The molecule has 10 heteroatoms. The molecule has 0 bridgehead atoms. The van der Waals surface area contributed by atoms with Crippen LogP contribution in [0.1, 0.15) is 219 Å². The monoisotopic (exact) mass is 826 g/mol. The molecule has 9 nitrogen and oxygen atoms in total. The van der Waals surface area contributed by atoms with E-state index in [0.717, 1.165) is 57.8 Å². The van der Waals surface area contributed by atoms with Crippen molar-refractivity contribution < 1.29 is 37.6 Å². The number of allylic oxidation sites excluding steroid dienone is 6. The predicted molar refractivity (Wildman–Crippen MR) is 238 cm³/mol. The lowest BCUT2D eigenvalue weighted by atomic mass is 10.0. The Balaban J connectivity index is 4.00. The van der Waals surface area contributed by atoms with Crippen LogP contribution in [0.4, 0.5) is 0 Å². The number of carbonyl (C=O) groups is 2. The second kappa shape index (κ2) is 43.8. The van der Waals surface area contributed by atoms with Crippen LogP contribution in [0.3, 0.4) is 0 Å². The first-order chi connectivity index (χ1) is 27.8. The van der Waals surface area contributed by atoms with Crippen LogP contribution in [0.2, 0.25) is 0 Å². The van der Waals surface area contributed by atoms with E-state index in [4.69, 9.17) is 24.3 Å². The number of phosphoric ester groups is 1. The van der Waals surface area contributed by atoms with Gasteiger partial charge in [-0.05, 0) is 32.1 Å². The largest absolute Gasteiger partial charge is 0.472 e. The van der Waals surface area contributed by atoms with Crippen molar-refractivity contribution in [3.05, 3.63) is 36.5 Å². The van der Waals surface area contributed by atoms with Gasteiger partial charge in [-0.3, -0.25) is 18.6 Å². The molecule has 0 aromatic carbocycles. The molecule has 0 radical (unpaired) electrons. The van der Waals surface area contributed by atoms with E-state index in [1.54, 1.807) is 0 Å². The Morgan fingerprint density at radius 3 is 1.42 bits per heavy atom. The fraction of sp³-hybridized carbons (Fsp3) is 0.830. The lowest BCUT2D eigenvalue weighted by Gasteiger charge is -2.19. The molecule has 334 valence electrons. The van der Waals surface area contributed by atoms with Crippen LogP contribution >= 0.6 is 7.82 Å². The van der Waals surface area contributed by atoms with Gasteiger partial charge in [0.1, 0.15) is 6.61 Å². The summed E-state index contributed by atoms with van der Waals surface area (Å²) in [5, 5.41) is 0. The maximum Gasteiger partial charge on any atom is 0.472 e. The molecule has 0 saturated carbocycles. The summed E-state index contributed by atoms with van der Waals surface area (Å²) in [6.45, 7) is 3.60. The minimum atomic E-state index is -4.38. The van der Waals surface area contributed by atoms with Gasteiger partial charge in [-0.2, -0.15) is 0 Å². The normalized spacial score (nSPS) is 13.5. The lowest BCUT2D eigenvalue weighted by Crippen LogP contribution is -2.29. The topological polar surface area (TPSA) is 134 Å². The van der Waals surface area contributed by atoms with Gasteiger partial charge in [0.25, 0.3) is 0 Å². The van der Waals surface area contributed by atoms with Crippen LogP contribution in [-0.4, -0.2) is 49.3 Å². The van der Waals surface area contributed by atoms with Gasteiger partial charge < -0.3 is 20.1 Å². The fourth-order valence-electron chi connectivity index (χ4n) is 6.64. The summed E-state index contributed by atoms with van der Waals surface area (Å²) in [5.41, 5.74) is 5.35. The number of hydrogen-bond donors (Lipinski definition) is 2. The average molecular weight is 826 g/mol. The Kier molecular flexibility index (Phi) is 42.4. The molecule has 0 saturated heterocycles. The molecule has 0 aliphatic rings. The molecule has 0 aromatic rings. The van der Waals surface area contributed by atoms with E-state index in [1.165, 1.54) is 128 Å². The molecule has 0 heterocycles. The van der Waals surface area contributed by atoms with Gasteiger partial charge in [0.05, 0.1) is 13.2 Å². The number of unbranched alkanes of at least 4 members (excludes halogenated alkanes) is 27. The Hall–Kier alpha value is -1.77. The maximum atomic E-state index is 12.6. The van der Waals surface area contributed by atoms with E-state index in [0.29, 0.717) is 6.42 Å². The van der Waals surface area contributed by atoms with Crippen molar-refractivity contribution in [1.82, 2.24) is 0 Å². The Morgan fingerprint density at radius 2 is 0.965 bits per heavy atom. The van der Waals surface area contributed by atoms with E-state index >= 15 is 0 Å². The zero-order chi connectivity index (χ0) is 41.8. The van der Waals surface area contributed by atoms with Crippen LogP contribution in [0.15, 0.2) is 36.5 Å². The molecular formula is C47H88NO8P. The highest BCUT2D eigenvalue weighted by Crippen LogP contribution is 2.43. The van der Waals surface area contributed by atoms with E-state index in [1.807, 2.05) is 18.2 Å². The first kappa shape index (κ1) is 55.2. The SMILES string of the molecule is CC/C=C/C=C/C=C/CCCCCCCC(=O)OC(COC(=O)CCCCCCCCCCCCCCCCCCCCCCCCC)COP(=O)(O)OCCN. The summed E-state index contributed by atoms with van der Waals surface area (Å²) in [6, 6.07) is 0. The van der Waals surface area contributed by atoms with Gasteiger partial charge in [-0.15, -0.1) is 0 Å². The zero-order valence-electron chi connectivity index (χ0n) is 36.8. The highest BCUT2D eigenvalue weighted by Gasteiger charge is 2.26. The van der Waals surface area contributed by atoms with Gasteiger partial charge in [0, 0.05) is 19.4 Å². The number of rotatable bonds is 44. The fourth-order valence-corrected chi connectivity index (χ4v) is 7.40. The van der Waals surface area contributed by atoms with E-state index in [9.17, 15) is 19.0 Å². The zero-order valence-corrected chi connectivity index (χ0v) is 37.7. The highest BCUT2D eigenvalue weighted by atomic mass is 31.2. The molecule has 0 rings (SSSR count). The van der Waals surface area contributed by atoms with E-state index in [2.05, 4.69) is 32.1 Å². The molecule has 0 aliphatic heterocycles. The maximum absolute atomic E-state index is 12.6. The number of hydrogen-bond acceptors (Lipinski definition) is 8. The van der Waals surface area contributed by atoms with Gasteiger partial charge in [-0.25, -0.2) is 4.57 Å². The molecular weight excluding hydrogens is 737 g/mol. The minimum Gasteiger partial charge on any atom is -0.462 e. The third-order valence-corrected chi connectivity index (χ3v) is 11.1. The highest BCUT2D eigenvalue weighted by molar-refractivity contribution is 7.47. The Morgan fingerprint density at radius 1 is 0.544 bits per heavy atom. The molecule has 0 aromatic heterocycles. The van der Waals surface area contributed by atoms with Crippen molar-refractivity contribution in [1.29, 1.82) is 0 Å². The first-order valence-electron chi connectivity index (χ1n) is 23.5. The van der Waals surface area contributed by atoms with Crippen LogP contribution in [0.25, 0.3) is 0 Å². The number of carbonyl (C=O) groups excluding carboxylic acids is 2. The van der Waals surface area contributed by atoms with Gasteiger partial charge in [0.2, 0.25) is 0 Å². The summed E-state index contributed by atoms with van der Waals surface area (Å²) in [4.78, 5) is 34.9. The Labute approximate surface area is 350 Å². The van der Waals surface area contributed by atoms with E-state index in [-0.39, 0.29) is 38.6 Å². The second-order valence-electron chi connectivity index (χ2n) is 15.7. The van der Waals surface area contributed by atoms with Crippen molar-refractivity contribution in [3.8, 4) is 0 Å². The summed E-state index contributed by atoms with van der Waals surface area (Å²) >= 11 is 0. The lowest BCUT2D eigenvalue weighted by molar-refractivity contribution is -0.161. The smallest absolute Gasteiger partial charge is 0.462 e. The van der Waals surface area contributed by atoms with Crippen LogP contribution in [-0.2, 0) is 32.7 Å².